The summed E-state index contributed by atoms with van der Waals surface area (Å²) in [6, 6.07) is 5.83. The number of anilines is 1. The van der Waals surface area contributed by atoms with E-state index < -0.39 is 0 Å². The van der Waals surface area contributed by atoms with Crippen LogP contribution < -0.4 is 10.6 Å². The van der Waals surface area contributed by atoms with Crippen LogP contribution in [0.25, 0.3) is 0 Å². The Morgan fingerprint density at radius 3 is 2.50 bits per heavy atom. The molecule has 3 nitrogen and oxygen atoms in total. The predicted octanol–water partition coefficient (Wildman–Crippen LogP) is 3.84. The predicted molar refractivity (Wildman–Crippen MR) is 86.3 cm³/mol. The van der Waals surface area contributed by atoms with Crippen LogP contribution in [0.4, 0.5) is 5.69 Å². The van der Waals surface area contributed by atoms with Gasteiger partial charge in [0.15, 0.2) is 0 Å². The van der Waals surface area contributed by atoms with E-state index >= 15 is 0 Å². The third-order valence-corrected chi connectivity index (χ3v) is 3.78. The molecule has 1 aromatic carbocycles. The summed E-state index contributed by atoms with van der Waals surface area (Å²) in [5.41, 5.74) is 2.96. The van der Waals surface area contributed by atoms with Gasteiger partial charge in [0.25, 0.3) is 5.91 Å². The van der Waals surface area contributed by atoms with Gasteiger partial charge in [-0.3, -0.25) is 4.79 Å². The lowest BCUT2D eigenvalue weighted by Gasteiger charge is -2.16. The maximum atomic E-state index is 12.1. The van der Waals surface area contributed by atoms with Crippen LogP contribution in [0.5, 0.6) is 0 Å². The van der Waals surface area contributed by atoms with E-state index in [9.17, 15) is 4.79 Å². The highest BCUT2D eigenvalue weighted by Crippen LogP contribution is 2.17. The number of hydrogen-bond acceptors (Lipinski definition) is 2. The van der Waals surface area contributed by atoms with Crippen LogP contribution in [-0.2, 0) is 0 Å². The number of carbonyl (C=O) groups excluding carboxylic acids is 1. The van der Waals surface area contributed by atoms with Crippen LogP contribution in [0.1, 0.15) is 50.0 Å². The topological polar surface area (TPSA) is 41.1 Å². The molecule has 1 amide bonds. The summed E-state index contributed by atoms with van der Waals surface area (Å²) in [5.74, 6) is 1.09. The van der Waals surface area contributed by atoms with Gasteiger partial charge < -0.3 is 10.6 Å². The molecule has 20 heavy (non-hydrogen) atoms. The minimum atomic E-state index is 0.0163. The monoisotopic (exact) mass is 276 g/mol. The first-order valence-corrected chi connectivity index (χ1v) is 7.58. The maximum absolute atomic E-state index is 12.1. The van der Waals surface area contributed by atoms with Crippen LogP contribution in [0.2, 0.25) is 0 Å². The molecule has 0 saturated heterocycles. The molecule has 0 aliphatic carbocycles. The van der Waals surface area contributed by atoms with Gasteiger partial charge in [-0.05, 0) is 48.9 Å². The normalized spacial score (nSPS) is 12.3. The molecule has 3 heteroatoms. The van der Waals surface area contributed by atoms with Gasteiger partial charge in [-0.2, -0.15) is 0 Å². The molecule has 0 aromatic heterocycles. The molecule has 0 bridgehead atoms. The first-order valence-electron chi connectivity index (χ1n) is 7.58. The van der Waals surface area contributed by atoms with Crippen molar-refractivity contribution < 1.29 is 4.79 Å². The van der Waals surface area contributed by atoms with E-state index in [-0.39, 0.29) is 5.91 Å². The van der Waals surface area contributed by atoms with E-state index in [1.807, 2.05) is 25.1 Å². The van der Waals surface area contributed by atoms with Crippen LogP contribution in [0.15, 0.2) is 18.2 Å². The lowest BCUT2D eigenvalue weighted by molar-refractivity contribution is 0.0945. The molecule has 1 aromatic rings. The number of nitrogens with one attached hydrogen (secondary N) is 2. The van der Waals surface area contributed by atoms with Gasteiger partial charge in [0.1, 0.15) is 0 Å². The zero-order valence-corrected chi connectivity index (χ0v) is 13.4. The summed E-state index contributed by atoms with van der Waals surface area (Å²) in [4.78, 5) is 12.1. The van der Waals surface area contributed by atoms with Crippen molar-refractivity contribution >= 4 is 11.6 Å². The fourth-order valence-corrected chi connectivity index (χ4v) is 1.85. The third-order valence-electron chi connectivity index (χ3n) is 3.78. The van der Waals surface area contributed by atoms with Crippen LogP contribution in [0, 0.1) is 18.8 Å². The number of amides is 1. The van der Waals surface area contributed by atoms with E-state index in [2.05, 4.69) is 38.3 Å². The second-order valence-electron chi connectivity index (χ2n) is 5.89. The SMILES string of the molecule is CCCNc1ccc(C(=O)NCC(C)C(C)C)cc1C. The molecule has 0 saturated carbocycles. The van der Waals surface area contributed by atoms with Crippen molar-refractivity contribution in [2.75, 3.05) is 18.4 Å². The summed E-state index contributed by atoms with van der Waals surface area (Å²) in [7, 11) is 0. The molecule has 112 valence electrons. The molecule has 0 aliphatic heterocycles. The average Bonchev–Trinajstić information content (AvgIpc) is 2.42. The van der Waals surface area contributed by atoms with Crippen molar-refractivity contribution in [1.29, 1.82) is 0 Å². The second kappa shape index (κ2) is 7.93. The van der Waals surface area contributed by atoms with E-state index in [1.165, 1.54) is 0 Å². The molecule has 1 unspecified atom stereocenters. The van der Waals surface area contributed by atoms with Gasteiger partial charge >= 0.3 is 0 Å². The van der Waals surface area contributed by atoms with Gasteiger partial charge in [-0.15, -0.1) is 0 Å². The molecule has 2 N–H and O–H groups in total. The average molecular weight is 276 g/mol. The smallest absolute Gasteiger partial charge is 0.251 e. The molecular weight excluding hydrogens is 248 g/mol. The first-order chi connectivity index (χ1) is 9.45. The fraction of sp³-hybridized carbons (Fsp3) is 0.588. The number of rotatable bonds is 7. The summed E-state index contributed by atoms with van der Waals surface area (Å²) < 4.78 is 0. The number of carbonyl (C=O) groups is 1. The second-order valence-corrected chi connectivity index (χ2v) is 5.89. The Morgan fingerprint density at radius 2 is 1.95 bits per heavy atom. The van der Waals surface area contributed by atoms with Gasteiger partial charge in [0.05, 0.1) is 0 Å². The van der Waals surface area contributed by atoms with Crippen molar-refractivity contribution in [2.45, 2.75) is 41.0 Å². The van der Waals surface area contributed by atoms with Gasteiger partial charge in [0, 0.05) is 24.3 Å². The molecule has 0 fully saturated rings. The minimum absolute atomic E-state index is 0.0163. The molecule has 0 spiro atoms. The third kappa shape index (κ3) is 4.87. The highest BCUT2D eigenvalue weighted by molar-refractivity contribution is 5.94. The molecular formula is C17H28N2O. The minimum Gasteiger partial charge on any atom is -0.385 e. The van der Waals surface area contributed by atoms with E-state index in [4.69, 9.17) is 0 Å². The highest BCUT2D eigenvalue weighted by Gasteiger charge is 2.11. The van der Waals surface area contributed by atoms with E-state index in [0.29, 0.717) is 11.8 Å². The van der Waals surface area contributed by atoms with Gasteiger partial charge in [0.2, 0.25) is 0 Å². The van der Waals surface area contributed by atoms with Gasteiger partial charge in [-0.1, -0.05) is 27.7 Å². The van der Waals surface area contributed by atoms with Crippen molar-refractivity contribution in [1.82, 2.24) is 5.32 Å². The standard InChI is InChI=1S/C17H28N2O/c1-6-9-18-16-8-7-15(10-13(16)4)17(20)19-11-14(5)12(2)3/h7-8,10,12,14,18H,6,9,11H2,1-5H3,(H,19,20). The first kappa shape index (κ1) is 16.5. The lowest BCUT2D eigenvalue weighted by atomic mass is 9.98. The Balaban J connectivity index is 2.63. The molecule has 1 atom stereocenters. The van der Waals surface area contributed by atoms with Crippen LogP contribution in [0.3, 0.4) is 0 Å². The molecule has 0 heterocycles. The zero-order valence-electron chi connectivity index (χ0n) is 13.4. The van der Waals surface area contributed by atoms with Crippen molar-refractivity contribution in [3.05, 3.63) is 29.3 Å². The lowest BCUT2D eigenvalue weighted by Crippen LogP contribution is -2.30. The maximum Gasteiger partial charge on any atom is 0.251 e. The van der Waals surface area contributed by atoms with Crippen LogP contribution in [-0.4, -0.2) is 19.0 Å². The number of benzene rings is 1. The quantitative estimate of drug-likeness (QED) is 0.794. The van der Waals surface area contributed by atoms with Crippen molar-refractivity contribution in [3.63, 3.8) is 0 Å². The number of hydrogen-bond donors (Lipinski definition) is 2. The Bertz CT molecular complexity index is 441. The summed E-state index contributed by atoms with van der Waals surface area (Å²) in [6.07, 6.45) is 1.09. The molecule has 0 aliphatic rings. The Morgan fingerprint density at radius 1 is 1.25 bits per heavy atom. The number of aryl methyl sites for hydroxylation is 1. The van der Waals surface area contributed by atoms with Crippen LogP contribution >= 0.6 is 0 Å². The highest BCUT2D eigenvalue weighted by atomic mass is 16.1. The summed E-state index contributed by atoms with van der Waals surface area (Å²) in [6.45, 7) is 12.4. The molecule has 1 rings (SSSR count). The largest absolute Gasteiger partial charge is 0.385 e. The fourth-order valence-electron chi connectivity index (χ4n) is 1.85. The Labute approximate surface area is 123 Å². The Kier molecular flexibility index (Phi) is 6.56. The zero-order chi connectivity index (χ0) is 15.1. The Hall–Kier alpha value is -1.51. The van der Waals surface area contributed by atoms with E-state index in [0.717, 1.165) is 36.3 Å². The van der Waals surface area contributed by atoms with Gasteiger partial charge in [-0.25, -0.2) is 0 Å². The van der Waals surface area contributed by atoms with Crippen molar-refractivity contribution in [2.24, 2.45) is 11.8 Å². The molecule has 0 radical (unpaired) electrons. The summed E-state index contributed by atoms with van der Waals surface area (Å²) >= 11 is 0. The van der Waals surface area contributed by atoms with Crippen molar-refractivity contribution in [3.8, 4) is 0 Å². The summed E-state index contributed by atoms with van der Waals surface area (Å²) in [5, 5.41) is 6.37. The van der Waals surface area contributed by atoms with E-state index in [1.54, 1.807) is 0 Å².